The van der Waals surface area contributed by atoms with Gasteiger partial charge in [0.1, 0.15) is 48.9 Å². The first kappa shape index (κ1) is 47.9. The third-order valence-electron chi connectivity index (χ3n) is 8.65. The first-order chi connectivity index (χ1) is 27.4. The molecule has 0 bridgehead atoms. The molecule has 1 aromatic carbocycles. The summed E-state index contributed by atoms with van der Waals surface area (Å²) in [5, 5.41) is 62.4. The van der Waals surface area contributed by atoms with Crippen LogP contribution in [0.25, 0.3) is 0 Å². The molecule has 24 nitrogen and oxygen atoms in total. The molecule has 1 aliphatic rings. The topological polar surface area (TPSA) is 385 Å². The van der Waals surface area contributed by atoms with Crippen LogP contribution < -0.4 is 43.0 Å². The minimum atomic E-state index is -1.69. The Labute approximate surface area is 330 Å². The van der Waals surface area contributed by atoms with Crippen LogP contribution in [0.5, 0.6) is 0 Å². The molecule has 8 atom stereocenters. The van der Waals surface area contributed by atoms with E-state index in [0.717, 1.165) is 0 Å². The van der Waals surface area contributed by atoms with Crippen LogP contribution in [0.15, 0.2) is 30.3 Å². The molecule has 24 heteroatoms. The number of nitrogens with two attached hydrogens (primary N) is 1. The molecule has 320 valence electrons. The molecule has 0 aromatic heterocycles. The van der Waals surface area contributed by atoms with Gasteiger partial charge in [-0.3, -0.25) is 43.2 Å². The number of aliphatic carboxylic acids is 1. The Bertz CT molecular complexity index is 1680. The van der Waals surface area contributed by atoms with Crippen LogP contribution in [0, 0.1) is 0 Å². The fourth-order valence-corrected chi connectivity index (χ4v) is 5.67. The van der Waals surface area contributed by atoms with Gasteiger partial charge in [-0.2, -0.15) is 0 Å². The molecule has 1 fully saturated rings. The van der Waals surface area contributed by atoms with E-state index in [1.54, 1.807) is 37.3 Å². The summed E-state index contributed by atoms with van der Waals surface area (Å²) in [6.45, 7) is -1.84. The number of rotatable bonds is 23. The molecule has 0 radical (unpaired) electrons. The number of aliphatic hydroxyl groups excluding tert-OH is 4. The van der Waals surface area contributed by atoms with Crippen molar-refractivity contribution in [1.29, 1.82) is 0 Å². The number of likely N-dealkylation sites (tertiary alicyclic amines) is 1. The zero-order valence-corrected chi connectivity index (χ0v) is 31.5. The predicted octanol–water partition coefficient (Wildman–Crippen LogP) is -7.81. The molecule has 1 aliphatic heterocycles. The minimum Gasteiger partial charge on any atom is -0.480 e. The van der Waals surface area contributed by atoms with Crippen molar-refractivity contribution in [3.05, 3.63) is 35.9 Å². The molecule has 58 heavy (non-hydrogen) atoms. The zero-order valence-electron chi connectivity index (χ0n) is 31.5. The number of carbonyl (C=O) groups excluding carboxylic acids is 9. The van der Waals surface area contributed by atoms with Crippen molar-refractivity contribution < 1.29 is 73.5 Å². The van der Waals surface area contributed by atoms with Gasteiger partial charge in [-0.15, -0.1) is 0 Å². The van der Waals surface area contributed by atoms with Crippen molar-refractivity contribution in [2.75, 3.05) is 33.0 Å². The number of hydrogen-bond donors (Lipinski definition) is 13. The van der Waals surface area contributed by atoms with E-state index in [0.29, 0.717) is 5.56 Å². The van der Waals surface area contributed by atoms with E-state index in [4.69, 9.17) is 10.8 Å². The van der Waals surface area contributed by atoms with Gasteiger partial charge in [0.25, 0.3) is 0 Å². The Morgan fingerprint density at radius 2 is 1.28 bits per heavy atom. The highest BCUT2D eigenvalue weighted by Crippen LogP contribution is 2.25. The fourth-order valence-electron chi connectivity index (χ4n) is 5.67. The third-order valence-corrected chi connectivity index (χ3v) is 8.65. The van der Waals surface area contributed by atoms with Gasteiger partial charge in [0, 0.05) is 12.5 Å². The minimum absolute atomic E-state index is 0.0400. The Kier molecular flexibility index (Phi) is 19.1. The zero-order chi connectivity index (χ0) is 43.7. The number of amides is 9. The van der Waals surface area contributed by atoms with Gasteiger partial charge >= 0.3 is 5.97 Å². The quantitative estimate of drug-likeness (QED) is 0.0488. The highest BCUT2D eigenvalue weighted by molar-refractivity contribution is 5.98. The maximum Gasteiger partial charge on any atom is 0.326 e. The van der Waals surface area contributed by atoms with Crippen LogP contribution in [0.4, 0.5) is 0 Å². The summed E-state index contributed by atoms with van der Waals surface area (Å²) in [6, 6.07) is -2.73. The Balaban J connectivity index is 2.02. The molecular formula is C34H49N9O15. The SMILES string of the molecule is CC1C[C@H](NC(=O)[C@H](CO)NC(=O)CNC(=O)[C@H](C)NC(=O)[C@H](CO)NC(=O)[C@H](CO)NC(=O)CO)C(=O)N1[C@@H](Cc1ccccc1)C(=O)NC(CC(N)=O)C(=O)O. The van der Waals surface area contributed by atoms with Gasteiger partial charge in [0.15, 0.2) is 0 Å². The Hall–Kier alpha value is -6.24. The molecule has 2 rings (SSSR count). The average molecular weight is 824 g/mol. The third kappa shape index (κ3) is 14.4. The molecule has 1 saturated heterocycles. The van der Waals surface area contributed by atoms with Gasteiger partial charge in [-0.25, -0.2) is 4.79 Å². The molecule has 2 unspecified atom stereocenters. The summed E-state index contributed by atoms with van der Waals surface area (Å²) >= 11 is 0. The molecule has 0 spiro atoms. The van der Waals surface area contributed by atoms with Crippen LogP contribution in [-0.2, 0) is 54.4 Å². The fraction of sp³-hybridized carbons (Fsp3) is 0.529. The summed E-state index contributed by atoms with van der Waals surface area (Å²) in [5.74, 6) is -10.3. The van der Waals surface area contributed by atoms with Crippen LogP contribution >= 0.6 is 0 Å². The maximum absolute atomic E-state index is 13.7. The van der Waals surface area contributed by atoms with Gasteiger partial charge in [-0.1, -0.05) is 30.3 Å². The number of carbonyl (C=O) groups is 10. The average Bonchev–Trinajstić information content (AvgIpc) is 3.46. The second kappa shape index (κ2) is 23.1. The first-order valence-corrected chi connectivity index (χ1v) is 17.8. The number of nitrogens with zero attached hydrogens (tertiary/aromatic N) is 1. The van der Waals surface area contributed by atoms with Crippen molar-refractivity contribution in [2.45, 2.75) is 81.4 Å². The van der Waals surface area contributed by atoms with Crippen molar-refractivity contribution >= 4 is 59.1 Å². The Morgan fingerprint density at radius 1 is 0.741 bits per heavy atom. The van der Waals surface area contributed by atoms with Crippen molar-refractivity contribution in [3.63, 3.8) is 0 Å². The highest BCUT2D eigenvalue weighted by atomic mass is 16.4. The van der Waals surface area contributed by atoms with E-state index >= 15 is 0 Å². The van der Waals surface area contributed by atoms with E-state index in [1.807, 2.05) is 5.32 Å². The van der Waals surface area contributed by atoms with Crippen molar-refractivity contribution in [2.24, 2.45) is 5.73 Å². The van der Waals surface area contributed by atoms with Crippen molar-refractivity contribution in [1.82, 2.24) is 42.1 Å². The molecule has 0 saturated carbocycles. The van der Waals surface area contributed by atoms with Gasteiger partial charge in [0.05, 0.1) is 32.8 Å². The van der Waals surface area contributed by atoms with E-state index in [9.17, 15) is 68.4 Å². The van der Waals surface area contributed by atoms with Crippen molar-refractivity contribution in [3.8, 4) is 0 Å². The Morgan fingerprint density at radius 3 is 1.83 bits per heavy atom. The lowest BCUT2D eigenvalue weighted by molar-refractivity contribution is -0.146. The summed E-state index contributed by atoms with van der Waals surface area (Å²) in [4.78, 5) is 126. The van der Waals surface area contributed by atoms with Crippen LogP contribution in [-0.4, -0.2) is 171 Å². The number of carboxylic acid groups (broad SMARTS) is 1. The lowest BCUT2D eigenvalue weighted by Gasteiger charge is -2.32. The molecular weight excluding hydrogens is 774 g/mol. The molecule has 0 aliphatic carbocycles. The van der Waals surface area contributed by atoms with Crippen LogP contribution in [0.3, 0.4) is 0 Å². The van der Waals surface area contributed by atoms with Crippen LogP contribution in [0.2, 0.25) is 0 Å². The maximum atomic E-state index is 13.7. The number of carboxylic acids is 1. The number of aliphatic hydroxyl groups is 4. The number of hydrogen-bond acceptors (Lipinski definition) is 14. The lowest BCUT2D eigenvalue weighted by Crippen LogP contribution is -2.58. The second-order valence-electron chi connectivity index (χ2n) is 13.1. The standard InChI is InChI=1S/C34H49N9O15/c1-16-8-19(33(56)43(16)24(9-18-6-4-3-5-7-18)32(55)41-20(34(57)58)10-25(35)48)40-30(53)21(12-44)38-26(49)11-36-28(51)17(2)37-29(52)23(14-46)42-31(54)22(13-45)39-27(50)15-47/h3-7,16-17,19-24,44-47H,8-15H2,1-2H3,(H2,35,48)(H,36,51)(H,37,52)(H,38,49)(H,39,50)(H,40,53)(H,41,55)(H,42,54)(H,57,58)/t16?,17-,19-,20?,21-,22-,23-,24-/m0/s1. The smallest absolute Gasteiger partial charge is 0.326 e. The second-order valence-corrected chi connectivity index (χ2v) is 13.1. The van der Waals surface area contributed by atoms with E-state index < -0.39 is 147 Å². The van der Waals surface area contributed by atoms with E-state index in [2.05, 4.69) is 31.9 Å². The van der Waals surface area contributed by atoms with Crippen LogP contribution in [0.1, 0.15) is 32.3 Å². The largest absolute Gasteiger partial charge is 0.480 e. The first-order valence-electron chi connectivity index (χ1n) is 17.8. The van der Waals surface area contributed by atoms with Gasteiger partial charge in [0.2, 0.25) is 53.2 Å². The number of nitrogens with one attached hydrogen (secondary N) is 7. The monoisotopic (exact) mass is 823 g/mol. The van der Waals surface area contributed by atoms with Gasteiger partial charge < -0.3 is 73.4 Å². The predicted molar refractivity (Wildman–Crippen MR) is 195 cm³/mol. The summed E-state index contributed by atoms with van der Waals surface area (Å²) in [7, 11) is 0. The molecule has 9 amide bonds. The van der Waals surface area contributed by atoms with E-state index in [1.165, 1.54) is 11.8 Å². The number of primary amides is 1. The molecule has 14 N–H and O–H groups in total. The summed E-state index contributed by atoms with van der Waals surface area (Å²) < 4.78 is 0. The number of benzene rings is 1. The highest BCUT2D eigenvalue weighted by Gasteiger charge is 2.45. The lowest BCUT2D eigenvalue weighted by atomic mass is 10.0. The normalized spacial score (nSPS) is 17.9. The molecule has 1 aromatic rings. The summed E-state index contributed by atoms with van der Waals surface area (Å²) in [5.41, 5.74) is 5.74. The molecule has 1 heterocycles. The summed E-state index contributed by atoms with van der Waals surface area (Å²) in [6.07, 6.45) is -0.834. The van der Waals surface area contributed by atoms with Gasteiger partial charge in [-0.05, 0) is 25.8 Å². The van der Waals surface area contributed by atoms with E-state index in [-0.39, 0.29) is 12.8 Å².